The molecule has 1 N–H and O–H groups in total. The van der Waals surface area contributed by atoms with Gasteiger partial charge >= 0.3 is 0 Å². The predicted molar refractivity (Wildman–Crippen MR) is 98.4 cm³/mol. The molecule has 2 heterocycles. The number of benzene rings is 1. The summed E-state index contributed by atoms with van der Waals surface area (Å²) < 4.78 is 10.6. The first-order valence-corrected chi connectivity index (χ1v) is 8.80. The number of ether oxygens (including phenoxy) is 1. The highest BCUT2D eigenvalue weighted by Gasteiger charge is 2.14. The van der Waals surface area contributed by atoms with Crippen LogP contribution in [-0.4, -0.2) is 16.1 Å². The Labute approximate surface area is 161 Å². The standard InChI is InChI=1S/C16H11Cl2N3O4S/c1-8-20-21-16(26-8)19-15(23)13-5-12(22)14(7-25-13)24-6-9-2-3-10(17)11(18)4-9/h2-5,7H,6H2,1H3,(H,19,21,23). The van der Waals surface area contributed by atoms with Gasteiger partial charge in [-0.25, -0.2) is 0 Å². The summed E-state index contributed by atoms with van der Waals surface area (Å²) in [6, 6.07) is 6.04. The van der Waals surface area contributed by atoms with Gasteiger partial charge in [-0.1, -0.05) is 40.6 Å². The lowest BCUT2D eigenvalue weighted by Gasteiger charge is -2.07. The molecule has 0 fully saturated rings. The molecular formula is C16H11Cl2N3O4S. The number of amides is 1. The first-order chi connectivity index (χ1) is 12.4. The summed E-state index contributed by atoms with van der Waals surface area (Å²) in [7, 11) is 0. The SMILES string of the molecule is Cc1nnc(NC(=O)c2cc(=O)c(OCc3ccc(Cl)c(Cl)c3)co2)s1. The van der Waals surface area contributed by atoms with Gasteiger partial charge in [0.25, 0.3) is 5.91 Å². The maximum absolute atomic E-state index is 12.1. The van der Waals surface area contributed by atoms with Crippen molar-refractivity contribution in [3.8, 4) is 5.75 Å². The molecule has 0 aliphatic rings. The molecule has 0 spiro atoms. The minimum Gasteiger partial charge on any atom is -0.482 e. The van der Waals surface area contributed by atoms with Crippen LogP contribution >= 0.6 is 34.5 Å². The lowest BCUT2D eigenvalue weighted by Crippen LogP contribution is -2.15. The molecule has 0 aliphatic heterocycles. The van der Waals surface area contributed by atoms with Gasteiger partial charge in [-0.2, -0.15) is 0 Å². The Morgan fingerprint density at radius 1 is 1.27 bits per heavy atom. The van der Waals surface area contributed by atoms with E-state index in [1.54, 1.807) is 25.1 Å². The second-order valence-corrected chi connectivity index (χ2v) is 7.09. The molecule has 1 amide bonds. The number of carbonyl (C=O) groups is 1. The smallest absolute Gasteiger partial charge is 0.293 e. The summed E-state index contributed by atoms with van der Waals surface area (Å²) in [6.07, 6.45) is 1.08. The maximum atomic E-state index is 12.1. The molecule has 0 unspecified atom stereocenters. The number of aryl methyl sites for hydroxylation is 1. The van der Waals surface area contributed by atoms with Crippen molar-refractivity contribution in [2.75, 3.05) is 5.32 Å². The van der Waals surface area contributed by atoms with Crippen LogP contribution < -0.4 is 15.5 Å². The first-order valence-electron chi connectivity index (χ1n) is 7.23. The van der Waals surface area contributed by atoms with Gasteiger partial charge in [0, 0.05) is 6.07 Å². The normalized spacial score (nSPS) is 10.6. The Morgan fingerprint density at radius 3 is 2.73 bits per heavy atom. The number of nitrogens with one attached hydrogen (secondary N) is 1. The van der Waals surface area contributed by atoms with Crippen LogP contribution in [-0.2, 0) is 6.61 Å². The van der Waals surface area contributed by atoms with Crippen LogP contribution in [0.25, 0.3) is 0 Å². The van der Waals surface area contributed by atoms with Gasteiger partial charge < -0.3 is 9.15 Å². The molecule has 2 aromatic heterocycles. The van der Waals surface area contributed by atoms with Crippen LogP contribution in [0.3, 0.4) is 0 Å². The molecule has 0 saturated heterocycles. The average Bonchev–Trinajstić information content (AvgIpc) is 3.01. The number of carbonyl (C=O) groups excluding carboxylic acids is 1. The molecule has 7 nitrogen and oxygen atoms in total. The zero-order chi connectivity index (χ0) is 18.7. The molecule has 1 aromatic carbocycles. The molecule has 3 aromatic rings. The van der Waals surface area contributed by atoms with E-state index in [4.69, 9.17) is 32.4 Å². The van der Waals surface area contributed by atoms with Gasteiger partial charge in [-0.15, -0.1) is 10.2 Å². The van der Waals surface area contributed by atoms with Crippen molar-refractivity contribution in [3.63, 3.8) is 0 Å². The Bertz CT molecular complexity index is 1020. The topological polar surface area (TPSA) is 94.3 Å². The lowest BCUT2D eigenvalue weighted by atomic mass is 10.2. The van der Waals surface area contributed by atoms with E-state index < -0.39 is 11.3 Å². The molecule has 0 radical (unpaired) electrons. The summed E-state index contributed by atoms with van der Waals surface area (Å²) >= 11 is 13.0. The van der Waals surface area contributed by atoms with Gasteiger partial charge in [-0.05, 0) is 24.6 Å². The zero-order valence-corrected chi connectivity index (χ0v) is 15.6. The summed E-state index contributed by atoms with van der Waals surface area (Å²) in [6.45, 7) is 1.85. The predicted octanol–water partition coefficient (Wildman–Crippen LogP) is 3.94. The van der Waals surface area contributed by atoms with E-state index in [0.717, 1.165) is 17.9 Å². The lowest BCUT2D eigenvalue weighted by molar-refractivity contribution is 0.0993. The largest absolute Gasteiger partial charge is 0.482 e. The van der Waals surface area contributed by atoms with Gasteiger partial charge in [0.05, 0.1) is 10.0 Å². The summed E-state index contributed by atoms with van der Waals surface area (Å²) in [4.78, 5) is 24.2. The van der Waals surface area contributed by atoms with Crippen LogP contribution in [0.1, 0.15) is 21.1 Å². The minimum absolute atomic E-state index is 0.0283. The van der Waals surface area contributed by atoms with Crippen molar-refractivity contribution >= 4 is 45.6 Å². The fourth-order valence-electron chi connectivity index (χ4n) is 1.92. The molecule has 0 atom stereocenters. The van der Waals surface area contributed by atoms with Crippen molar-refractivity contribution < 1.29 is 13.9 Å². The van der Waals surface area contributed by atoms with Crippen molar-refractivity contribution in [1.82, 2.24) is 10.2 Å². The average molecular weight is 412 g/mol. The number of anilines is 1. The molecule has 0 bridgehead atoms. The van der Waals surface area contributed by atoms with E-state index in [1.807, 2.05) is 0 Å². The zero-order valence-electron chi connectivity index (χ0n) is 13.3. The van der Waals surface area contributed by atoms with Gasteiger partial charge in [0.1, 0.15) is 17.9 Å². The highest BCUT2D eigenvalue weighted by molar-refractivity contribution is 7.15. The molecule has 134 valence electrons. The number of halogens is 2. The Balaban J connectivity index is 1.67. The number of nitrogens with zero attached hydrogens (tertiary/aromatic N) is 2. The molecular weight excluding hydrogens is 401 g/mol. The van der Waals surface area contributed by atoms with Crippen LogP contribution in [0.5, 0.6) is 5.75 Å². The van der Waals surface area contributed by atoms with Gasteiger partial charge in [0.2, 0.25) is 16.3 Å². The molecule has 10 heteroatoms. The van der Waals surface area contributed by atoms with Crippen LogP contribution in [0.4, 0.5) is 5.13 Å². The number of aromatic nitrogens is 2. The Hall–Kier alpha value is -2.42. The highest BCUT2D eigenvalue weighted by atomic mass is 35.5. The van der Waals surface area contributed by atoms with E-state index in [1.165, 1.54) is 11.3 Å². The van der Waals surface area contributed by atoms with Gasteiger partial charge in [-0.3, -0.25) is 14.9 Å². The fourth-order valence-corrected chi connectivity index (χ4v) is 2.83. The molecule has 26 heavy (non-hydrogen) atoms. The van der Waals surface area contributed by atoms with Crippen molar-refractivity contribution in [3.05, 3.63) is 67.1 Å². The molecule has 0 saturated carbocycles. The third-order valence-electron chi connectivity index (χ3n) is 3.15. The van der Waals surface area contributed by atoms with Crippen LogP contribution in [0, 0.1) is 6.92 Å². The summed E-state index contributed by atoms with van der Waals surface area (Å²) in [5.41, 5.74) is 0.238. The third-order valence-corrected chi connectivity index (χ3v) is 4.64. The van der Waals surface area contributed by atoms with E-state index in [9.17, 15) is 9.59 Å². The van der Waals surface area contributed by atoms with Crippen molar-refractivity contribution in [1.29, 1.82) is 0 Å². The second-order valence-electron chi connectivity index (χ2n) is 5.09. The number of hydrogen-bond acceptors (Lipinski definition) is 7. The first kappa shape index (κ1) is 18.4. The summed E-state index contributed by atoms with van der Waals surface area (Å²) in [5, 5.41) is 11.9. The van der Waals surface area contributed by atoms with Crippen LogP contribution in [0.15, 0.2) is 39.7 Å². The summed E-state index contributed by atoms with van der Waals surface area (Å²) in [5.74, 6) is -0.793. The third kappa shape index (κ3) is 4.40. The highest BCUT2D eigenvalue weighted by Crippen LogP contribution is 2.23. The van der Waals surface area contributed by atoms with E-state index >= 15 is 0 Å². The van der Waals surface area contributed by atoms with E-state index in [2.05, 4.69) is 15.5 Å². The van der Waals surface area contributed by atoms with Gasteiger partial charge in [0.15, 0.2) is 5.76 Å². The monoisotopic (exact) mass is 411 g/mol. The molecule has 3 rings (SSSR count). The van der Waals surface area contributed by atoms with E-state index in [-0.39, 0.29) is 18.1 Å². The Kier molecular flexibility index (Phi) is 5.55. The quantitative estimate of drug-likeness (QED) is 0.682. The second kappa shape index (κ2) is 7.86. The number of hydrogen-bond donors (Lipinski definition) is 1. The maximum Gasteiger partial charge on any atom is 0.293 e. The fraction of sp³-hybridized carbons (Fsp3) is 0.125. The van der Waals surface area contributed by atoms with Crippen molar-refractivity contribution in [2.45, 2.75) is 13.5 Å². The van der Waals surface area contributed by atoms with Crippen molar-refractivity contribution in [2.24, 2.45) is 0 Å². The van der Waals surface area contributed by atoms with Crippen LogP contribution in [0.2, 0.25) is 10.0 Å². The van der Waals surface area contributed by atoms with E-state index in [0.29, 0.717) is 20.2 Å². The molecule has 0 aliphatic carbocycles. The minimum atomic E-state index is -0.603. The number of rotatable bonds is 5. The Morgan fingerprint density at radius 2 is 2.08 bits per heavy atom.